The summed E-state index contributed by atoms with van der Waals surface area (Å²) >= 11 is 0. The molecule has 0 radical (unpaired) electrons. The Bertz CT molecular complexity index is 393. The lowest BCUT2D eigenvalue weighted by Crippen LogP contribution is -2.12. The summed E-state index contributed by atoms with van der Waals surface area (Å²) in [6.07, 6.45) is -0.225. The number of hydrogen-bond acceptors (Lipinski definition) is 3. The summed E-state index contributed by atoms with van der Waals surface area (Å²) in [6, 6.07) is 8.68. The maximum Gasteiger partial charge on any atom is 0.314 e. The molecule has 1 aromatic rings. The molecule has 0 aromatic heterocycles. The standard InChI is InChI=1S/C13H14O3/c1-10(2)9-16-13(15)8-12(14)11-6-4-3-5-7-11/h3-7H,1,8-9H2,2H3. The van der Waals surface area contributed by atoms with Crippen LogP contribution in [0.15, 0.2) is 42.5 Å². The van der Waals surface area contributed by atoms with Gasteiger partial charge < -0.3 is 4.74 Å². The van der Waals surface area contributed by atoms with Gasteiger partial charge in [-0.2, -0.15) is 0 Å². The number of ketones is 1. The molecule has 3 nitrogen and oxygen atoms in total. The lowest BCUT2D eigenvalue weighted by atomic mass is 10.1. The van der Waals surface area contributed by atoms with Gasteiger partial charge in [-0.25, -0.2) is 0 Å². The summed E-state index contributed by atoms with van der Waals surface area (Å²) < 4.78 is 4.84. The molecule has 0 bridgehead atoms. The van der Waals surface area contributed by atoms with Gasteiger partial charge in [0.25, 0.3) is 0 Å². The monoisotopic (exact) mass is 218 g/mol. The molecule has 1 aromatic carbocycles. The number of carbonyl (C=O) groups excluding carboxylic acids is 2. The summed E-state index contributed by atoms with van der Waals surface area (Å²) in [6.45, 7) is 5.53. The van der Waals surface area contributed by atoms with Gasteiger partial charge in [0.2, 0.25) is 0 Å². The average molecular weight is 218 g/mol. The minimum atomic E-state index is -0.517. The second kappa shape index (κ2) is 5.85. The molecule has 0 heterocycles. The molecule has 0 N–H and O–H groups in total. The van der Waals surface area contributed by atoms with Crippen LogP contribution in [0.5, 0.6) is 0 Å². The second-order valence-electron chi connectivity index (χ2n) is 3.58. The molecule has 0 aliphatic heterocycles. The number of benzene rings is 1. The minimum absolute atomic E-state index is 0.168. The topological polar surface area (TPSA) is 43.4 Å². The Labute approximate surface area is 94.7 Å². The van der Waals surface area contributed by atoms with Crippen molar-refractivity contribution < 1.29 is 14.3 Å². The molecular weight excluding hydrogens is 204 g/mol. The Kier molecular flexibility index (Phi) is 4.45. The van der Waals surface area contributed by atoms with Crippen molar-refractivity contribution >= 4 is 11.8 Å². The number of ether oxygens (including phenoxy) is 1. The smallest absolute Gasteiger partial charge is 0.314 e. The van der Waals surface area contributed by atoms with Gasteiger partial charge in [0.15, 0.2) is 5.78 Å². The van der Waals surface area contributed by atoms with Crippen LogP contribution in [0.25, 0.3) is 0 Å². The summed E-state index contributed by atoms with van der Waals surface area (Å²) in [7, 11) is 0. The lowest BCUT2D eigenvalue weighted by molar-refractivity contribution is -0.141. The third kappa shape index (κ3) is 4.09. The largest absolute Gasteiger partial charge is 0.461 e. The number of carbonyl (C=O) groups is 2. The van der Waals surface area contributed by atoms with Gasteiger partial charge in [-0.15, -0.1) is 0 Å². The summed E-state index contributed by atoms with van der Waals surface area (Å²) in [5.74, 6) is -0.746. The van der Waals surface area contributed by atoms with E-state index in [9.17, 15) is 9.59 Å². The van der Waals surface area contributed by atoms with Crippen molar-refractivity contribution in [2.45, 2.75) is 13.3 Å². The van der Waals surface area contributed by atoms with Gasteiger partial charge in [-0.05, 0) is 12.5 Å². The highest BCUT2D eigenvalue weighted by Crippen LogP contribution is 2.04. The Morgan fingerprint density at radius 1 is 1.25 bits per heavy atom. The van der Waals surface area contributed by atoms with Gasteiger partial charge in [-0.3, -0.25) is 9.59 Å². The molecule has 0 aliphatic rings. The fraction of sp³-hybridized carbons (Fsp3) is 0.231. The van der Waals surface area contributed by atoms with E-state index in [-0.39, 0.29) is 18.8 Å². The summed E-state index contributed by atoms with van der Waals surface area (Å²) in [5.41, 5.74) is 1.27. The van der Waals surface area contributed by atoms with Gasteiger partial charge >= 0.3 is 5.97 Å². The van der Waals surface area contributed by atoms with E-state index in [1.54, 1.807) is 31.2 Å². The molecule has 0 saturated carbocycles. The molecule has 0 spiro atoms. The van der Waals surface area contributed by atoms with Crippen LogP contribution in [-0.2, 0) is 9.53 Å². The normalized spacial score (nSPS) is 9.56. The molecule has 0 unspecified atom stereocenters. The number of esters is 1. The Balaban J connectivity index is 2.46. The molecule has 0 saturated heterocycles. The van der Waals surface area contributed by atoms with Crippen LogP contribution in [0.4, 0.5) is 0 Å². The molecule has 1 rings (SSSR count). The molecule has 0 amide bonds. The zero-order chi connectivity index (χ0) is 12.0. The van der Waals surface area contributed by atoms with Crippen LogP contribution in [-0.4, -0.2) is 18.4 Å². The van der Waals surface area contributed by atoms with Crippen LogP contribution in [0, 0.1) is 0 Å². The fourth-order valence-electron chi connectivity index (χ4n) is 1.11. The zero-order valence-corrected chi connectivity index (χ0v) is 9.23. The maximum atomic E-state index is 11.6. The van der Waals surface area contributed by atoms with Crippen molar-refractivity contribution in [3.8, 4) is 0 Å². The molecule has 84 valence electrons. The first-order valence-electron chi connectivity index (χ1n) is 4.98. The van der Waals surface area contributed by atoms with E-state index < -0.39 is 5.97 Å². The highest BCUT2D eigenvalue weighted by atomic mass is 16.5. The first kappa shape index (κ1) is 12.2. The quantitative estimate of drug-likeness (QED) is 0.330. The van der Waals surface area contributed by atoms with Gasteiger partial charge in [0, 0.05) is 5.56 Å². The minimum Gasteiger partial charge on any atom is -0.461 e. The third-order valence-electron chi connectivity index (χ3n) is 1.88. The van der Waals surface area contributed by atoms with Crippen LogP contribution in [0.2, 0.25) is 0 Å². The first-order chi connectivity index (χ1) is 7.59. The van der Waals surface area contributed by atoms with E-state index in [2.05, 4.69) is 6.58 Å². The Morgan fingerprint density at radius 3 is 2.44 bits per heavy atom. The zero-order valence-electron chi connectivity index (χ0n) is 9.23. The average Bonchev–Trinajstić information content (AvgIpc) is 2.27. The van der Waals surface area contributed by atoms with Crippen molar-refractivity contribution in [3.63, 3.8) is 0 Å². The Morgan fingerprint density at radius 2 is 1.88 bits per heavy atom. The van der Waals surface area contributed by atoms with E-state index in [4.69, 9.17) is 4.74 Å². The van der Waals surface area contributed by atoms with Crippen LogP contribution in [0.3, 0.4) is 0 Å². The van der Waals surface area contributed by atoms with Crippen LogP contribution < -0.4 is 0 Å². The number of rotatable bonds is 5. The lowest BCUT2D eigenvalue weighted by Gasteiger charge is -2.03. The summed E-state index contributed by atoms with van der Waals surface area (Å²) in [4.78, 5) is 22.8. The SMILES string of the molecule is C=C(C)COC(=O)CC(=O)c1ccccc1. The molecular formula is C13H14O3. The molecule has 3 heteroatoms. The maximum absolute atomic E-state index is 11.6. The van der Waals surface area contributed by atoms with Crippen molar-refractivity contribution in [3.05, 3.63) is 48.0 Å². The molecule has 16 heavy (non-hydrogen) atoms. The second-order valence-corrected chi connectivity index (χ2v) is 3.58. The number of hydrogen-bond donors (Lipinski definition) is 0. The highest BCUT2D eigenvalue weighted by Gasteiger charge is 2.12. The molecule has 0 fully saturated rings. The van der Waals surface area contributed by atoms with Crippen molar-refractivity contribution in [1.82, 2.24) is 0 Å². The van der Waals surface area contributed by atoms with Crippen molar-refractivity contribution in [2.75, 3.05) is 6.61 Å². The predicted molar refractivity (Wildman–Crippen MR) is 61.2 cm³/mol. The van der Waals surface area contributed by atoms with E-state index in [1.165, 1.54) is 0 Å². The van der Waals surface area contributed by atoms with E-state index in [0.717, 1.165) is 5.57 Å². The van der Waals surface area contributed by atoms with Gasteiger partial charge in [-0.1, -0.05) is 36.9 Å². The van der Waals surface area contributed by atoms with Crippen molar-refractivity contribution in [1.29, 1.82) is 0 Å². The third-order valence-corrected chi connectivity index (χ3v) is 1.88. The number of Topliss-reactive ketones (excluding diaryl/α,β-unsaturated/α-hetero) is 1. The first-order valence-corrected chi connectivity index (χ1v) is 4.98. The predicted octanol–water partition coefficient (Wildman–Crippen LogP) is 2.38. The highest BCUT2D eigenvalue weighted by molar-refractivity contribution is 6.05. The van der Waals surface area contributed by atoms with Gasteiger partial charge in [0.1, 0.15) is 13.0 Å². The van der Waals surface area contributed by atoms with Crippen LogP contribution in [0.1, 0.15) is 23.7 Å². The summed E-state index contributed by atoms with van der Waals surface area (Å²) in [5, 5.41) is 0. The van der Waals surface area contributed by atoms with E-state index in [0.29, 0.717) is 5.56 Å². The van der Waals surface area contributed by atoms with E-state index in [1.807, 2.05) is 6.07 Å². The van der Waals surface area contributed by atoms with Gasteiger partial charge in [0.05, 0.1) is 0 Å². The van der Waals surface area contributed by atoms with E-state index >= 15 is 0 Å². The molecule has 0 aliphatic carbocycles. The van der Waals surface area contributed by atoms with Crippen molar-refractivity contribution in [2.24, 2.45) is 0 Å². The fourth-order valence-corrected chi connectivity index (χ4v) is 1.11. The molecule has 0 atom stereocenters. The van der Waals surface area contributed by atoms with Crippen LogP contribution >= 0.6 is 0 Å². The Hall–Kier alpha value is -1.90.